The average molecular weight is 618 g/mol. The maximum absolute atomic E-state index is 13.6. The van der Waals surface area contributed by atoms with Crippen LogP contribution in [0.1, 0.15) is 36.1 Å². The van der Waals surface area contributed by atoms with Crippen molar-refractivity contribution in [2.75, 3.05) is 56.8 Å². The Morgan fingerprint density at radius 1 is 1.12 bits per heavy atom. The molecule has 1 saturated heterocycles. The van der Waals surface area contributed by atoms with Crippen molar-refractivity contribution in [2.45, 2.75) is 55.5 Å². The fourth-order valence-electron chi connectivity index (χ4n) is 5.80. The monoisotopic (exact) mass is 617 g/mol. The normalized spacial score (nSPS) is 19.8. The van der Waals surface area contributed by atoms with Gasteiger partial charge in [0.05, 0.1) is 52.7 Å². The molecule has 42 heavy (non-hydrogen) atoms. The number of hydrogen-bond acceptors (Lipinski definition) is 8. The van der Waals surface area contributed by atoms with Crippen LogP contribution in [0.25, 0.3) is 10.1 Å². The lowest BCUT2D eigenvalue weighted by molar-refractivity contribution is 0.00791. The van der Waals surface area contributed by atoms with Gasteiger partial charge >= 0.3 is 0 Å². The molecular formula is C31H37F2N3O4S2. The Balaban J connectivity index is 1.30. The van der Waals surface area contributed by atoms with Crippen LogP contribution in [0, 0.1) is 11.8 Å². The average Bonchev–Trinajstić information content (AvgIpc) is 3.33. The molecule has 0 amide bonds. The molecule has 2 heterocycles. The number of alkyl halides is 2. The summed E-state index contributed by atoms with van der Waals surface area (Å²) in [5.41, 5.74) is 2.15. The van der Waals surface area contributed by atoms with Crippen LogP contribution < -0.4 is 15.4 Å². The molecule has 0 bridgehead atoms. The molecule has 2 fully saturated rings. The molecule has 0 atom stereocenters. The van der Waals surface area contributed by atoms with Gasteiger partial charge in [-0.15, -0.1) is 11.3 Å². The van der Waals surface area contributed by atoms with Gasteiger partial charge in [0.15, 0.2) is 9.84 Å². The van der Waals surface area contributed by atoms with Gasteiger partial charge < -0.3 is 20.1 Å². The third-order valence-corrected chi connectivity index (χ3v) is 10.3. The Hall–Kier alpha value is -2.91. The third kappa shape index (κ3) is 7.35. The molecule has 11 heteroatoms. The lowest BCUT2D eigenvalue weighted by Gasteiger charge is -2.39. The number of sulfone groups is 1. The van der Waals surface area contributed by atoms with Crippen molar-refractivity contribution in [3.8, 4) is 17.6 Å². The fraction of sp³-hybridized carbons (Fsp3) is 0.484. The summed E-state index contributed by atoms with van der Waals surface area (Å²) < 4.78 is 62.8. The number of nitrogens with one attached hydrogen (secondary N) is 2. The standard InChI is InChI=1S/C31H37F2N3O4S2/c1-39-28-19-23(42(2,37)38)12-13-26(28)34-14-4-7-29-25(20-30(32)33)24-5-3-6-27(31(24)41-29)35-21-8-10-22(11-9-21)36-15-17-40-18-16-36/h3,5-6,12-13,19,21-22,30,34-35H,8-11,14-18,20H2,1-2H3. The van der Waals surface area contributed by atoms with Crippen molar-refractivity contribution in [2.24, 2.45) is 0 Å². The summed E-state index contributed by atoms with van der Waals surface area (Å²) in [6.45, 7) is 3.87. The van der Waals surface area contributed by atoms with Crippen LogP contribution >= 0.6 is 11.3 Å². The van der Waals surface area contributed by atoms with Crippen LogP contribution in [0.2, 0.25) is 0 Å². The molecular weight excluding hydrogens is 580 g/mol. The molecule has 1 saturated carbocycles. The second-order valence-electron chi connectivity index (χ2n) is 10.8. The summed E-state index contributed by atoms with van der Waals surface area (Å²) in [7, 11) is -1.90. The summed E-state index contributed by atoms with van der Waals surface area (Å²) in [6.07, 6.45) is 2.72. The minimum atomic E-state index is -3.37. The lowest BCUT2D eigenvalue weighted by atomic mass is 9.89. The summed E-state index contributed by atoms with van der Waals surface area (Å²) >= 11 is 1.45. The number of thiophene rings is 1. The van der Waals surface area contributed by atoms with Crippen LogP contribution in [-0.2, 0) is 21.0 Å². The van der Waals surface area contributed by atoms with E-state index in [9.17, 15) is 17.2 Å². The molecule has 0 unspecified atom stereocenters. The van der Waals surface area contributed by atoms with Gasteiger partial charge in [0.1, 0.15) is 5.75 Å². The second-order valence-corrected chi connectivity index (χ2v) is 13.8. The van der Waals surface area contributed by atoms with Crippen LogP contribution in [0.4, 0.5) is 20.2 Å². The third-order valence-electron chi connectivity index (χ3n) is 7.97. The number of morpholine rings is 1. The topological polar surface area (TPSA) is 79.9 Å². The highest BCUT2D eigenvalue weighted by Crippen LogP contribution is 2.38. The van der Waals surface area contributed by atoms with Crippen LogP contribution in [-0.4, -0.2) is 78.0 Å². The molecule has 0 radical (unpaired) electrons. The summed E-state index contributed by atoms with van der Waals surface area (Å²) in [4.78, 5) is 3.35. The quantitative estimate of drug-likeness (QED) is 0.301. The molecule has 2 aromatic carbocycles. The first-order valence-electron chi connectivity index (χ1n) is 14.2. The zero-order chi connectivity index (χ0) is 29.7. The minimum absolute atomic E-state index is 0.160. The maximum atomic E-state index is 13.6. The zero-order valence-electron chi connectivity index (χ0n) is 23.9. The van der Waals surface area contributed by atoms with E-state index in [1.54, 1.807) is 6.07 Å². The molecule has 1 aromatic heterocycles. The highest BCUT2D eigenvalue weighted by atomic mass is 32.2. The van der Waals surface area contributed by atoms with Gasteiger partial charge in [0.25, 0.3) is 0 Å². The van der Waals surface area contributed by atoms with Gasteiger partial charge in [-0.05, 0) is 54.8 Å². The second kappa shape index (κ2) is 13.6. The number of halogens is 2. The molecule has 2 aliphatic rings. The zero-order valence-corrected chi connectivity index (χ0v) is 25.6. The first kappa shape index (κ1) is 30.5. The van der Waals surface area contributed by atoms with Crippen LogP contribution in [0.15, 0.2) is 41.3 Å². The summed E-state index contributed by atoms with van der Waals surface area (Å²) in [6, 6.07) is 11.4. The van der Waals surface area contributed by atoms with E-state index < -0.39 is 16.3 Å². The van der Waals surface area contributed by atoms with Gasteiger partial charge in [0, 0.05) is 43.9 Å². The van der Waals surface area contributed by atoms with E-state index in [0.717, 1.165) is 74.0 Å². The van der Waals surface area contributed by atoms with E-state index in [2.05, 4.69) is 27.4 Å². The summed E-state index contributed by atoms with van der Waals surface area (Å²) in [5, 5.41) is 7.68. The van der Waals surface area contributed by atoms with E-state index in [1.165, 1.54) is 30.6 Å². The Labute approximate surface area is 250 Å². The van der Waals surface area contributed by atoms with Crippen molar-refractivity contribution in [1.82, 2.24) is 4.90 Å². The SMILES string of the molecule is COc1cc(S(C)(=O)=O)ccc1NCC#Cc1sc2c(NC3CCC(N4CCOCC4)CC3)cccc2c1CC(F)F. The molecule has 2 N–H and O–H groups in total. The lowest BCUT2D eigenvalue weighted by Crippen LogP contribution is -2.46. The molecule has 3 aromatic rings. The van der Waals surface area contributed by atoms with Crippen molar-refractivity contribution in [1.29, 1.82) is 0 Å². The Kier molecular flexibility index (Phi) is 9.88. The highest BCUT2D eigenvalue weighted by Gasteiger charge is 2.27. The van der Waals surface area contributed by atoms with Crippen molar-refractivity contribution < 1.29 is 26.7 Å². The number of hydrogen-bond donors (Lipinski definition) is 2. The number of rotatable bonds is 9. The first-order valence-corrected chi connectivity index (χ1v) is 17.0. The van der Waals surface area contributed by atoms with E-state index in [4.69, 9.17) is 9.47 Å². The number of anilines is 2. The Morgan fingerprint density at radius 3 is 2.57 bits per heavy atom. The van der Waals surface area contributed by atoms with Crippen LogP contribution in [0.3, 0.4) is 0 Å². The van der Waals surface area contributed by atoms with E-state index in [0.29, 0.717) is 34.0 Å². The van der Waals surface area contributed by atoms with E-state index in [1.807, 2.05) is 18.2 Å². The maximum Gasteiger partial charge on any atom is 0.242 e. The van der Waals surface area contributed by atoms with E-state index in [-0.39, 0.29) is 17.9 Å². The molecule has 1 aliphatic heterocycles. The number of benzene rings is 2. The van der Waals surface area contributed by atoms with Gasteiger partial charge in [0.2, 0.25) is 6.43 Å². The van der Waals surface area contributed by atoms with Crippen molar-refractivity contribution in [3.05, 3.63) is 46.8 Å². The Morgan fingerprint density at radius 2 is 1.88 bits per heavy atom. The highest BCUT2D eigenvalue weighted by molar-refractivity contribution is 7.90. The number of ether oxygens (including phenoxy) is 2. The van der Waals surface area contributed by atoms with E-state index >= 15 is 0 Å². The largest absolute Gasteiger partial charge is 0.495 e. The summed E-state index contributed by atoms with van der Waals surface area (Å²) in [5.74, 6) is 6.56. The molecule has 226 valence electrons. The number of methoxy groups -OCH3 is 1. The molecule has 5 rings (SSSR count). The molecule has 7 nitrogen and oxygen atoms in total. The predicted molar refractivity (Wildman–Crippen MR) is 165 cm³/mol. The fourth-order valence-corrected chi connectivity index (χ4v) is 7.62. The van der Waals surface area contributed by atoms with Gasteiger partial charge in [-0.3, -0.25) is 4.90 Å². The molecule has 0 spiro atoms. The number of nitrogens with zero attached hydrogens (tertiary/aromatic N) is 1. The minimum Gasteiger partial charge on any atom is -0.495 e. The number of fused-ring (bicyclic) bond motifs is 1. The van der Waals surface area contributed by atoms with Gasteiger partial charge in [-0.2, -0.15) is 0 Å². The van der Waals surface area contributed by atoms with Crippen molar-refractivity contribution in [3.63, 3.8) is 0 Å². The predicted octanol–water partition coefficient (Wildman–Crippen LogP) is 5.64. The van der Waals surface area contributed by atoms with Crippen LogP contribution in [0.5, 0.6) is 5.75 Å². The van der Waals surface area contributed by atoms with Crippen molar-refractivity contribution >= 4 is 42.6 Å². The Bertz CT molecular complexity index is 1550. The first-order chi connectivity index (χ1) is 20.2. The van der Waals surface area contributed by atoms with Gasteiger partial charge in [-0.1, -0.05) is 24.0 Å². The van der Waals surface area contributed by atoms with Gasteiger partial charge in [-0.25, -0.2) is 17.2 Å². The smallest absolute Gasteiger partial charge is 0.242 e. The molecule has 1 aliphatic carbocycles.